The first-order valence-corrected chi connectivity index (χ1v) is 4.53. The van der Waals surface area contributed by atoms with E-state index in [1.807, 2.05) is 0 Å². The second-order valence-electron chi connectivity index (χ2n) is 4.19. The average molecular weight is 199 g/mol. The zero-order chi connectivity index (χ0) is 10.8. The Labute approximate surface area is 83.8 Å². The third-order valence-electron chi connectivity index (χ3n) is 1.91. The van der Waals surface area contributed by atoms with Gasteiger partial charge in [0.2, 0.25) is 5.82 Å². The molecule has 1 aromatic heterocycles. The van der Waals surface area contributed by atoms with Crippen molar-refractivity contribution in [2.24, 2.45) is 5.41 Å². The van der Waals surface area contributed by atoms with E-state index in [4.69, 9.17) is 9.26 Å². The summed E-state index contributed by atoms with van der Waals surface area (Å²) in [4.78, 5) is 4.15. The molecule has 80 valence electrons. The number of hydrogen-bond donors (Lipinski definition) is 1. The highest BCUT2D eigenvalue weighted by molar-refractivity contribution is 5.17. The number of methoxy groups -OCH3 is 1. The molecule has 5 heteroatoms. The molecule has 0 amide bonds. The second-order valence-corrected chi connectivity index (χ2v) is 4.19. The number of nitrogens with one attached hydrogen (secondary N) is 1. The van der Waals surface area contributed by atoms with Gasteiger partial charge in [-0.2, -0.15) is 4.98 Å². The van der Waals surface area contributed by atoms with Crippen molar-refractivity contribution in [3.05, 3.63) is 5.82 Å². The smallest absolute Gasteiger partial charge is 0.321 e. The van der Waals surface area contributed by atoms with Gasteiger partial charge in [-0.05, 0) is 5.41 Å². The molecule has 0 aliphatic carbocycles. The molecule has 0 aliphatic heterocycles. The van der Waals surface area contributed by atoms with Crippen LogP contribution in [0.5, 0.6) is 0 Å². The maximum Gasteiger partial charge on any atom is 0.321 e. The molecule has 1 heterocycles. The molecular weight excluding hydrogens is 182 g/mol. The number of nitrogens with zero attached hydrogens (tertiary/aromatic N) is 2. The third-order valence-corrected chi connectivity index (χ3v) is 1.91. The first-order valence-electron chi connectivity index (χ1n) is 4.53. The Kier molecular flexibility index (Phi) is 3.10. The van der Waals surface area contributed by atoms with Crippen LogP contribution in [-0.4, -0.2) is 24.3 Å². The molecule has 1 N–H and O–H groups in total. The summed E-state index contributed by atoms with van der Waals surface area (Å²) in [5.74, 6) is 0.573. The highest BCUT2D eigenvalue weighted by Crippen LogP contribution is 2.33. The van der Waals surface area contributed by atoms with Gasteiger partial charge in [0, 0.05) is 14.2 Å². The molecule has 1 unspecified atom stereocenters. The number of rotatable bonds is 3. The van der Waals surface area contributed by atoms with Crippen molar-refractivity contribution in [1.29, 1.82) is 0 Å². The fourth-order valence-corrected chi connectivity index (χ4v) is 1.29. The van der Waals surface area contributed by atoms with Crippen molar-refractivity contribution in [2.45, 2.75) is 26.9 Å². The van der Waals surface area contributed by atoms with Crippen LogP contribution in [0.15, 0.2) is 4.52 Å². The van der Waals surface area contributed by atoms with Gasteiger partial charge in [0.15, 0.2) is 0 Å². The van der Waals surface area contributed by atoms with E-state index < -0.39 is 0 Å². The third kappa shape index (κ3) is 2.23. The van der Waals surface area contributed by atoms with Crippen LogP contribution < -0.4 is 5.32 Å². The minimum absolute atomic E-state index is 0.0519. The maximum absolute atomic E-state index is 5.35. The van der Waals surface area contributed by atoms with E-state index in [0.29, 0.717) is 11.8 Å². The Balaban J connectivity index is 2.90. The quantitative estimate of drug-likeness (QED) is 0.804. The molecular formula is C9H17N3O2. The van der Waals surface area contributed by atoms with Crippen molar-refractivity contribution in [1.82, 2.24) is 10.1 Å². The van der Waals surface area contributed by atoms with Crippen LogP contribution >= 0.6 is 0 Å². The predicted molar refractivity (Wildman–Crippen MR) is 53.0 cm³/mol. The number of aromatic nitrogens is 2. The van der Waals surface area contributed by atoms with E-state index in [2.05, 4.69) is 36.2 Å². The lowest BCUT2D eigenvalue weighted by Crippen LogP contribution is -2.21. The van der Waals surface area contributed by atoms with Crippen molar-refractivity contribution in [3.63, 3.8) is 0 Å². The molecule has 1 atom stereocenters. The molecule has 1 rings (SSSR count). The molecule has 0 aromatic carbocycles. The van der Waals surface area contributed by atoms with Crippen molar-refractivity contribution >= 4 is 6.01 Å². The first-order chi connectivity index (χ1) is 6.49. The van der Waals surface area contributed by atoms with Crippen LogP contribution in [-0.2, 0) is 4.74 Å². The predicted octanol–water partition coefficient (Wildman–Crippen LogP) is 1.84. The van der Waals surface area contributed by atoms with Gasteiger partial charge in [-0.3, -0.25) is 0 Å². The van der Waals surface area contributed by atoms with Crippen LogP contribution in [0.3, 0.4) is 0 Å². The Hall–Kier alpha value is -1.10. The van der Waals surface area contributed by atoms with Crippen LogP contribution in [0.4, 0.5) is 6.01 Å². The number of ether oxygens (including phenoxy) is 1. The average Bonchev–Trinajstić information content (AvgIpc) is 2.51. The molecule has 0 saturated carbocycles. The van der Waals surface area contributed by atoms with Crippen molar-refractivity contribution < 1.29 is 9.26 Å². The maximum atomic E-state index is 5.35. The fourth-order valence-electron chi connectivity index (χ4n) is 1.29. The minimum atomic E-state index is -0.159. The van der Waals surface area contributed by atoms with Crippen LogP contribution in [0.2, 0.25) is 0 Å². The molecule has 0 radical (unpaired) electrons. The topological polar surface area (TPSA) is 60.2 Å². The van der Waals surface area contributed by atoms with Gasteiger partial charge < -0.3 is 14.6 Å². The van der Waals surface area contributed by atoms with E-state index in [1.165, 1.54) is 0 Å². The number of hydrogen-bond acceptors (Lipinski definition) is 5. The van der Waals surface area contributed by atoms with Gasteiger partial charge >= 0.3 is 6.01 Å². The molecule has 0 bridgehead atoms. The SMILES string of the molecule is CNc1nc(C(OC)C(C)(C)C)no1. The zero-order valence-corrected chi connectivity index (χ0v) is 9.29. The highest BCUT2D eigenvalue weighted by Gasteiger charge is 2.30. The summed E-state index contributed by atoms with van der Waals surface area (Å²) < 4.78 is 10.3. The van der Waals surface area contributed by atoms with Gasteiger partial charge in [0.05, 0.1) is 0 Å². The van der Waals surface area contributed by atoms with E-state index in [9.17, 15) is 0 Å². The Bertz CT molecular complexity index is 290. The van der Waals surface area contributed by atoms with E-state index in [-0.39, 0.29) is 11.5 Å². The lowest BCUT2D eigenvalue weighted by atomic mass is 9.88. The van der Waals surface area contributed by atoms with Gasteiger partial charge in [-0.15, -0.1) is 0 Å². The van der Waals surface area contributed by atoms with Crippen molar-refractivity contribution in [2.75, 3.05) is 19.5 Å². The first kappa shape index (κ1) is 11.0. The Morgan fingerprint density at radius 3 is 2.43 bits per heavy atom. The van der Waals surface area contributed by atoms with Crippen molar-refractivity contribution in [3.8, 4) is 0 Å². The zero-order valence-electron chi connectivity index (χ0n) is 9.29. The summed E-state index contributed by atoms with van der Waals surface area (Å²) in [7, 11) is 3.38. The summed E-state index contributed by atoms with van der Waals surface area (Å²) in [5, 5.41) is 6.63. The second kappa shape index (κ2) is 3.96. The molecule has 1 aromatic rings. The Morgan fingerprint density at radius 2 is 2.07 bits per heavy atom. The van der Waals surface area contributed by atoms with Gasteiger partial charge in [-0.1, -0.05) is 25.9 Å². The van der Waals surface area contributed by atoms with Gasteiger partial charge in [0.1, 0.15) is 6.10 Å². The lowest BCUT2D eigenvalue weighted by Gasteiger charge is -2.26. The molecule has 14 heavy (non-hydrogen) atoms. The van der Waals surface area contributed by atoms with E-state index in [0.717, 1.165) is 0 Å². The summed E-state index contributed by atoms with van der Waals surface area (Å²) >= 11 is 0. The van der Waals surface area contributed by atoms with Gasteiger partial charge in [-0.25, -0.2) is 0 Å². The van der Waals surface area contributed by atoms with Crippen LogP contribution in [0.1, 0.15) is 32.7 Å². The molecule has 0 spiro atoms. The molecule has 0 fully saturated rings. The van der Waals surface area contributed by atoms with Crippen LogP contribution in [0, 0.1) is 5.41 Å². The molecule has 0 aliphatic rings. The minimum Gasteiger partial charge on any atom is -0.373 e. The summed E-state index contributed by atoms with van der Waals surface area (Å²) in [6.07, 6.45) is -0.159. The highest BCUT2D eigenvalue weighted by atomic mass is 16.5. The molecule has 5 nitrogen and oxygen atoms in total. The largest absolute Gasteiger partial charge is 0.373 e. The number of anilines is 1. The lowest BCUT2D eigenvalue weighted by molar-refractivity contribution is 0.00718. The van der Waals surface area contributed by atoms with E-state index in [1.54, 1.807) is 14.2 Å². The van der Waals surface area contributed by atoms with Crippen LogP contribution in [0.25, 0.3) is 0 Å². The fraction of sp³-hybridized carbons (Fsp3) is 0.778. The summed E-state index contributed by atoms with van der Waals surface area (Å²) in [6, 6.07) is 0.409. The summed E-state index contributed by atoms with van der Waals surface area (Å²) in [6.45, 7) is 6.20. The standard InChI is InChI=1S/C9H17N3O2/c1-9(2,3)6(13-5)7-11-8(10-4)14-12-7/h6H,1-5H3,(H,10,11,12). The normalized spacial score (nSPS) is 14.1. The monoisotopic (exact) mass is 199 g/mol. The molecule has 0 saturated heterocycles. The van der Waals surface area contributed by atoms with E-state index >= 15 is 0 Å². The summed E-state index contributed by atoms with van der Waals surface area (Å²) in [5.41, 5.74) is -0.0519. The van der Waals surface area contributed by atoms with Gasteiger partial charge in [0.25, 0.3) is 0 Å². The Morgan fingerprint density at radius 1 is 1.43 bits per heavy atom.